The SMILES string of the molecule is CC(=O)O[C@@H]1[C@H](OC(C)=O)[C@@H](CSP(=O)(OCCC#N)O[C@H]2[C@@H](OC3(c4ccccc4)c4ccccc4Oc4ccccc43)[C@H](n3cnc4c(NC(=O)c5ccccc5)ncnc43)O[C@@H]2COC(=O)c2ccc(C)cc2)O[C@H]1n1ccc(=O)n(C(=O)c2ccccc2)c1=O. The summed E-state index contributed by atoms with van der Waals surface area (Å²) in [5, 5.41) is 12.8. The molecule has 25 nitrogen and oxygen atoms in total. The van der Waals surface area contributed by atoms with Crippen molar-refractivity contribution in [2.45, 2.75) is 81.9 Å². The number of nitriles is 1. The highest BCUT2D eigenvalue weighted by molar-refractivity contribution is 8.55. The first-order valence-corrected chi connectivity index (χ1v) is 32.6. The number of nitrogens with one attached hydrogen (secondary N) is 1. The molecule has 0 radical (unpaired) electrons. The van der Waals surface area contributed by atoms with Crippen molar-refractivity contribution in [2.75, 3.05) is 24.3 Å². The summed E-state index contributed by atoms with van der Waals surface area (Å²) >= 11 is 0.501. The van der Waals surface area contributed by atoms with Crippen molar-refractivity contribution < 1.29 is 70.7 Å². The van der Waals surface area contributed by atoms with E-state index >= 15 is 4.57 Å². The highest BCUT2D eigenvalue weighted by atomic mass is 32.7. The Bertz CT molecular complexity index is 4510. The maximum atomic E-state index is 16.4. The minimum absolute atomic E-state index is 0.00976. The third kappa shape index (κ3) is 13.0. The summed E-state index contributed by atoms with van der Waals surface area (Å²) in [4.78, 5) is 109. The first kappa shape index (κ1) is 63.9. The Hall–Kier alpha value is -10.2. The van der Waals surface area contributed by atoms with Gasteiger partial charge in [-0.1, -0.05) is 121 Å². The number of benzene rings is 6. The molecule has 1 unspecified atom stereocenters. The number of fused-ring (bicyclic) bond motifs is 3. The van der Waals surface area contributed by atoms with Crippen LogP contribution in [0.25, 0.3) is 11.2 Å². The molecule has 6 aromatic carbocycles. The van der Waals surface area contributed by atoms with Gasteiger partial charge in [-0.2, -0.15) is 9.83 Å². The minimum Gasteiger partial charge on any atom is -0.459 e. The molecule has 27 heteroatoms. The van der Waals surface area contributed by atoms with Gasteiger partial charge in [0.15, 0.2) is 47.2 Å². The number of carbonyl (C=O) groups is 5. The summed E-state index contributed by atoms with van der Waals surface area (Å²) in [6.07, 6.45) is -9.30. The number of hydrogen-bond acceptors (Lipinski definition) is 22. The van der Waals surface area contributed by atoms with Gasteiger partial charge >= 0.3 is 30.4 Å². The maximum absolute atomic E-state index is 16.4. The van der Waals surface area contributed by atoms with Gasteiger partial charge in [0.1, 0.15) is 48.8 Å². The second-order valence-electron chi connectivity index (χ2n) is 21.7. The van der Waals surface area contributed by atoms with E-state index < -0.39 is 121 Å². The summed E-state index contributed by atoms with van der Waals surface area (Å²) in [5.74, 6) is -3.78. The highest BCUT2D eigenvalue weighted by Crippen LogP contribution is 2.65. The summed E-state index contributed by atoms with van der Waals surface area (Å²) in [7, 11) is 0. The number of rotatable bonds is 21. The molecular formula is C67H57N8O17PS. The molecule has 2 saturated heterocycles. The van der Waals surface area contributed by atoms with E-state index in [9.17, 15) is 38.8 Å². The summed E-state index contributed by atoms with van der Waals surface area (Å²) in [5.41, 5.74) is -0.741. The van der Waals surface area contributed by atoms with E-state index in [-0.39, 0.29) is 34.5 Å². The lowest BCUT2D eigenvalue weighted by Gasteiger charge is -2.43. The molecule has 2 fully saturated rings. The molecule has 0 spiro atoms. The van der Waals surface area contributed by atoms with Crippen LogP contribution in [0.5, 0.6) is 11.5 Å². The first-order valence-electron chi connectivity index (χ1n) is 29.5. The molecule has 0 saturated carbocycles. The largest absolute Gasteiger partial charge is 0.459 e. The van der Waals surface area contributed by atoms with E-state index in [0.717, 1.165) is 36.2 Å². The van der Waals surface area contributed by atoms with Crippen LogP contribution in [0.15, 0.2) is 198 Å². The molecule has 9 aromatic rings. The number of aryl methyl sites for hydroxylation is 1. The number of nitrogens with zero attached hydrogens (tertiary/aromatic N) is 7. The molecule has 9 atom stereocenters. The predicted molar refractivity (Wildman–Crippen MR) is 337 cm³/mol. The fraction of sp³-hybridized carbons (Fsp3) is 0.239. The molecule has 94 heavy (non-hydrogen) atoms. The summed E-state index contributed by atoms with van der Waals surface area (Å²) in [6.45, 7) is -2.07. The number of para-hydroxylation sites is 2. The van der Waals surface area contributed by atoms with Gasteiger partial charge in [-0.25, -0.2) is 29.1 Å². The van der Waals surface area contributed by atoms with Crippen molar-refractivity contribution in [3.05, 3.63) is 248 Å². The molecule has 3 aromatic heterocycles. The standard InChI is InChI=1S/C67H57N8O17PS/c1-40-28-30-45(31-29-40)65(81)84-36-51-56(92-93(83,85-35-17-33-68)94-37-52-55(86-41(2)76)57(87-42(3)77)63(90-52)73-34-32-53(78)75(66(73)82)62(80)44-20-9-5-10-21-44)58(64(89-51)74-39-71-54-59(69-38-70-60(54)74)72-61(79)43-18-7-4-8-19-43)91-67(46-22-11-6-12-23-46)47-24-13-15-26-49(47)88-50-27-16-14-25-48(50)67/h4-16,18-32,34,38-39,51-52,55-58,63-64H,17,35-37H2,1-3H3,(H,69,70,72,79)/t51-,52-,55-,56-,57-,58-,63-,64-,93?/m1/s1. The van der Waals surface area contributed by atoms with Crippen LogP contribution in [0.2, 0.25) is 0 Å². The van der Waals surface area contributed by atoms with Crippen LogP contribution in [0.1, 0.15) is 86.1 Å². The zero-order chi connectivity index (χ0) is 65.7. The van der Waals surface area contributed by atoms with Crippen LogP contribution in [0.3, 0.4) is 0 Å². The molecule has 3 aliphatic heterocycles. The molecule has 3 aliphatic rings. The Labute approximate surface area is 539 Å². The Morgan fingerprint density at radius 3 is 1.95 bits per heavy atom. The fourth-order valence-electron chi connectivity index (χ4n) is 11.4. The topological polar surface area (TPSA) is 309 Å². The molecule has 6 heterocycles. The van der Waals surface area contributed by atoms with Gasteiger partial charge < -0.3 is 38.5 Å². The normalized spacial score (nSPS) is 20.7. The van der Waals surface area contributed by atoms with Gasteiger partial charge in [-0.15, -0.1) is 0 Å². The van der Waals surface area contributed by atoms with E-state index in [0.29, 0.717) is 49.7 Å². The number of ether oxygens (including phenoxy) is 7. The van der Waals surface area contributed by atoms with E-state index in [1.165, 1.54) is 41.5 Å². The Kier molecular flexibility index (Phi) is 18.7. The number of aromatic nitrogens is 6. The van der Waals surface area contributed by atoms with Crippen LogP contribution in [-0.2, 0) is 57.2 Å². The lowest BCUT2D eigenvalue weighted by atomic mass is 9.77. The summed E-state index contributed by atoms with van der Waals surface area (Å²) in [6, 6.07) is 49.1. The second-order valence-corrected chi connectivity index (χ2v) is 25.8. The third-order valence-electron chi connectivity index (χ3n) is 15.6. The quantitative estimate of drug-likeness (QED) is 0.0303. The Morgan fingerprint density at radius 1 is 0.681 bits per heavy atom. The zero-order valence-corrected chi connectivity index (χ0v) is 52.0. The number of imidazole rings is 1. The van der Waals surface area contributed by atoms with Gasteiger partial charge in [-0.3, -0.25) is 42.2 Å². The molecule has 12 rings (SSSR count). The molecule has 0 bridgehead atoms. The monoisotopic (exact) mass is 1310 g/mol. The average Bonchev–Trinajstić information content (AvgIpc) is 1.04. The van der Waals surface area contributed by atoms with E-state index in [4.69, 9.17) is 47.2 Å². The van der Waals surface area contributed by atoms with Gasteiger partial charge in [-0.05, 0) is 72.4 Å². The lowest BCUT2D eigenvalue weighted by molar-refractivity contribution is -0.165. The Balaban J connectivity index is 0.992. The molecule has 0 aliphatic carbocycles. The number of anilines is 1. The smallest absolute Gasteiger partial charge is 0.389 e. The molecule has 478 valence electrons. The molecule has 1 N–H and O–H groups in total. The van der Waals surface area contributed by atoms with Gasteiger partial charge in [0, 0.05) is 54.1 Å². The second kappa shape index (κ2) is 27.5. The fourth-order valence-corrected chi connectivity index (χ4v) is 15.0. The minimum atomic E-state index is -4.94. The van der Waals surface area contributed by atoms with Crippen LogP contribution in [0.4, 0.5) is 5.82 Å². The first-order chi connectivity index (χ1) is 45.5. The van der Waals surface area contributed by atoms with Crippen molar-refractivity contribution in [2.24, 2.45) is 0 Å². The third-order valence-corrected chi connectivity index (χ3v) is 19.4. The zero-order valence-electron chi connectivity index (χ0n) is 50.3. The van der Waals surface area contributed by atoms with Crippen LogP contribution < -0.4 is 21.3 Å². The van der Waals surface area contributed by atoms with Crippen LogP contribution >= 0.6 is 18.2 Å². The van der Waals surface area contributed by atoms with Crippen molar-refractivity contribution in [1.29, 1.82) is 5.26 Å². The Morgan fingerprint density at radius 2 is 1.29 bits per heavy atom. The predicted octanol–water partition coefficient (Wildman–Crippen LogP) is 9.25. The van der Waals surface area contributed by atoms with Gasteiger partial charge in [0.2, 0.25) is 0 Å². The summed E-state index contributed by atoms with van der Waals surface area (Å²) < 4.78 is 78.0. The number of carbonyl (C=O) groups excluding carboxylic acids is 5. The van der Waals surface area contributed by atoms with Crippen LogP contribution in [-0.4, -0.2) is 114 Å². The lowest BCUT2D eigenvalue weighted by Crippen LogP contribution is -2.47. The highest BCUT2D eigenvalue weighted by Gasteiger charge is 2.58. The van der Waals surface area contributed by atoms with Crippen molar-refractivity contribution in [3.8, 4) is 17.6 Å². The van der Waals surface area contributed by atoms with E-state index in [2.05, 4.69) is 15.3 Å². The number of hydrogen-bond donors (Lipinski definition) is 1. The van der Waals surface area contributed by atoms with Crippen molar-refractivity contribution in [3.63, 3.8) is 0 Å². The van der Waals surface area contributed by atoms with E-state index in [1.54, 1.807) is 84.9 Å². The average molecular weight is 1310 g/mol. The van der Waals surface area contributed by atoms with Gasteiger partial charge in [0.25, 0.3) is 17.4 Å². The van der Waals surface area contributed by atoms with E-state index in [1.807, 2.05) is 67.6 Å². The number of amides is 1. The van der Waals surface area contributed by atoms with Crippen LogP contribution in [0, 0.1) is 18.3 Å². The molecule has 1 amide bonds. The maximum Gasteiger partial charge on any atom is 0.389 e. The van der Waals surface area contributed by atoms with Crippen molar-refractivity contribution in [1.82, 2.24) is 28.7 Å². The number of esters is 3. The molecular weight excluding hydrogens is 1250 g/mol. The van der Waals surface area contributed by atoms with Crippen molar-refractivity contribution >= 4 is 64.9 Å². The van der Waals surface area contributed by atoms with Gasteiger partial charge in [0.05, 0.1) is 31.0 Å².